The Hall–Kier alpha value is -0.0800. The molecule has 2 nitrogen and oxygen atoms in total. The Bertz CT molecular complexity index is 267. The van der Waals surface area contributed by atoms with E-state index in [0.29, 0.717) is 0 Å². The van der Waals surface area contributed by atoms with Crippen molar-refractivity contribution >= 4 is 0 Å². The predicted molar refractivity (Wildman–Crippen MR) is 127 cm³/mol. The molecule has 0 fully saturated rings. The summed E-state index contributed by atoms with van der Waals surface area (Å²) in [6, 6.07) is 0. The summed E-state index contributed by atoms with van der Waals surface area (Å²) in [7, 11) is 0. The first-order chi connectivity index (χ1) is 13.8. The summed E-state index contributed by atoms with van der Waals surface area (Å²) in [6.45, 7) is 5.04. The average Bonchev–Trinajstić information content (AvgIpc) is 2.68. The highest BCUT2D eigenvalue weighted by molar-refractivity contribution is 4.52. The van der Waals surface area contributed by atoms with E-state index in [1.165, 1.54) is 141 Å². The molecule has 1 atom stereocenters. The first kappa shape index (κ1) is 27.9. The molecule has 0 rings (SSSR count). The largest absolute Gasteiger partial charge is 0.379 e. The third kappa shape index (κ3) is 25.9. The van der Waals surface area contributed by atoms with E-state index in [-0.39, 0.29) is 6.23 Å². The van der Waals surface area contributed by atoms with Gasteiger partial charge in [-0.05, 0) is 19.9 Å². The van der Waals surface area contributed by atoms with Gasteiger partial charge in [-0.15, -0.1) is 0 Å². The molecular formula is C26H55NO. The van der Waals surface area contributed by atoms with E-state index < -0.39 is 0 Å². The zero-order chi connectivity index (χ0) is 20.5. The molecule has 0 bridgehead atoms. The van der Waals surface area contributed by atoms with Crippen LogP contribution in [0.2, 0.25) is 0 Å². The second-order valence-electron chi connectivity index (χ2n) is 9.05. The molecule has 0 aromatic rings. The molecule has 0 aromatic heterocycles. The van der Waals surface area contributed by atoms with Crippen molar-refractivity contribution in [2.45, 2.75) is 161 Å². The third-order valence-corrected chi connectivity index (χ3v) is 5.97. The van der Waals surface area contributed by atoms with Crippen molar-refractivity contribution in [1.82, 2.24) is 5.32 Å². The summed E-state index contributed by atoms with van der Waals surface area (Å²) < 4.78 is 0. The Labute approximate surface area is 178 Å². The van der Waals surface area contributed by atoms with Crippen LogP contribution >= 0.6 is 0 Å². The van der Waals surface area contributed by atoms with E-state index in [1.807, 2.05) is 0 Å². The summed E-state index contributed by atoms with van der Waals surface area (Å²) in [5, 5.41) is 12.2. The minimum Gasteiger partial charge on any atom is -0.379 e. The average molecular weight is 398 g/mol. The van der Waals surface area contributed by atoms with Crippen molar-refractivity contribution in [3.63, 3.8) is 0 Å². The lowest BCUT2D eigenvalue weighted by Crippen LogP contribution is -2.26. The quantitative estimate of drug-likeness (QED) is 0.126. The summed E-state index contributed by atoms with van der Waals surface area (Å²) in [4.78, 5) is 0. The molecule has 0 amide bonds. The topological polar surface area (TPSA) is 32.3 Å². The van der Waals surface area contributed by atoms with Crippen molar-refractivity contribution < 1.29 is 5.11 Å². The SMILES string of the molecule is CCCCCCCCCCCCCCCCCCCCCCCCNC(C)O. The summed E-state index contributed by atoms with van der Waals surface area (Å²) in [5.74, 6) is 0. The molecule has 0 aliphatic rings. The Kier molecular flexibility index (Phi) is 24.9. The fourth-order valence-corrected chi connectivity index (χ4v) is 4.04. The van der Waals surface area contributed by atoms with Crippen molar-refractivity contribution in [1.29, 1.82) is 0 Å². The van der Waals surface area contributed by atoms with E-state index in [4.69, 9.17) is 5.11 Å². The van der Waals surface area contributed by atoms with Gasteiger partial charge in [0, 0.05) is 0 Å². The number of rotatable bonds is 24. The highest BCUT2D eigenvalue weighted by Crippen LogP contribution is 2.15. The van der Waals surface area contributed by atoms with Gasteiger partial charge in [0.25, 0.3) is 0 Å². The van der Waals surface area contributed by atoms with Crippen LogP contribution in [0.4, 0.5) is 0 Å². The summed E-state index contributed by atoms with van der Waals surface area (Å²) in [5.41, 5.74) is 0. The number of hydrogen-bond donors (Lipinski definition) is 2. The molecule has 0 aliphatic heterocycles. The second-order valence-corrected chi connectivity index (χ2v) is 9.05. The van der Waals surface area contributed by atoms with Gasteiger partial charge in [0.1, 0.15) is 6.23 Å². The molecule has 0 heterocycles. The van der Waals surface area contributed by atoms with E-state index >= 15 is 0 Å². The van der Waals surface area contributed by atoms with Crippen molar-refractivity contribution in [3.8, 4) is 0 Å². The maximum atomic E-state index is 9.11. The van der Waals surface area contributed by atoms with E-state index in [0.717, 1.165) is 6.54 Å². The van der Waals surface area contributed by atoms with E-state index in [9.17, 15) is 0 Å². The Morgan fingerprint density at radius 3 is 0.964 bits per heavy atom. The van der Waals surface area contributed by atoms with Crippen LogP contribution in [-0.4, -0.2) is 17.9 Å². The molecule has 0 saturated heterocycles. The standard InChI is InChI=1S/C26H55NO/c1-3-4-5-6-7-8-9-10-11-12-13-14-15-16-17-18-19-20-21-22-23-24-25-27-26(2)28/h26-28H,3-25H2,1-2H3. The number of unbranched alkanes of at least 4 members (excludes halogenated alkanes) is 21. The van der Waals surface area contributed by atoms with Gasteiger partial charge in [0.15, 0.2) is 0 Å². The lowest BCUT2D eigenvalue weighted by Gasteiger charge is -2.06. The lowest BCUT2D eigenvalue weighted by molar-refractivity contribution is 0.156. The van der Waals surface area contributed by atoms with Crippen LogP contribution in [0.25, 0.3) is 0 Å². The van der Waals surface area contributed by atoms with E-state index in [1.54, 1.807) is 6.92 Å². The maximum absolute atomic E-state index is 9.11. The van der Waals surface area contributed by atoms with Crippen LogP contribution in [-0.2, 0) is 0 Å². The molecule has 0 aromatic carbocycles. The first-order valence-electron chi connectivity index (χ1n) is 13.2. The molecule has 0 aliphatic carbocycles. The molecule has 2 heteroatoms. The fraction of sp³-hybridized carbons (Fsp3) is 1.00. The molecule has 0 radical (unpaired) electrons. The van der Waals surface area contributed by atoms with Crippen LogP contribution < -0.4 is 5.32 Å². The number of aliphatic hydroxyl groups excluding tert-OH is 1. The minimum absolute atomic E-state index is 0.352. The Morgan fingerprint density at radius 2 is 0.714 bits per heavy atom. The number of aliphatic hydroxyl groups is 1. The fourth-order valence-electron chi connectivity index (χ4n) is 4.04. The molecule has 170 valence electrons. The summed E-state index contributed by atoms with van der Waals surface area (Å²) >= 11 is 0. The second kappa shape index (κ2) is 25.0. The third-order valence-electron chi connectivity index (χ3n) is 5.97. The van der Waals surface area contributed by atoms with Crippen LogP contribution in [0, 0.1) is 0 Å². The van der Waals surface area contributed by atoms with Crippen LogP contribution in [0.15, 0.2) is 0 Å². The molecule has 28 heavy (non-hydrogen) atoms. The number of hydrogen-bond acceptors (Lipinski definition) is 2. The molecule has 2 N–H and O–H groups in total. The van der Waals surface area contributed by atoms with Crippen molar-refractivity contribution in [2.75, 3.05) is 6.54 Å². The van der Waals surface area contributed by atoms with Gasteiger partial charge < -0.3 is 5.11 Å². The van der Waals surface area contributed by atoms with Crippen molar-refractivity contribution in [3.05, 3.63) is 0 Å². The maximum Gasteiger partial charge on any atom is 0.102 e. The number of nitrogens with one attached hydrogen (secondary N) is 1. The van der Waals surface area contributed by atoms with Crippen LogP contribution in [0.3, 0.4) is 0 Å². The highest BCUT2D eigenvalue weighted by Gasteiger charge is 1.96. The van der Waals surface area contributed by atoms with Gasteiger partial charge in [-0.3, -0.25) is 5.32 Å². The zero-order valence-corrected chi connectivity index (χ0v) is 19.8. The molecule has 0 spiro atoms. The molecule has 0 saturated carbocycles. The van der Waals surface area contributed by atoms with Crippen molar-refractivity contribution in [2.24, 2.45) is 0 Å². The smallest absolute Gasteiger partial charge is 0.102 e. The predicted octanol–water partition coefficient (Wildman–Crippen LogP) is 8.52. The van der Waals surface area contributed by atoms with Gasteiger partial charge in [0.05, 0.1) is 0 Å². The Balaban J connectivity index is 2.98. The molecule has 1 unspecified atom stereocenters. The molecular weight excluding hydrogens is 342 g/mol. The van der Waals surface area contributed by atoms with Gasteiger partial charge in [-0.1, -0.05) is 142 Å². The lowest BCUT2D eigenvalue weighted by atomic mass is 10.0. The Morgan fingerprint density at radius 1 is 0.464 bits per heavy atom. The zero-order valence-electron chi connectivity index (χ0n) is 19.8. The van der Waals surface area contributed by atoms with Crippen LogP contribution in [0.5, 0.6) is 0 Å². The van der Waals surface area contributed by atoms with Crippen LogP contribution in [0.1, 0.15) is 155 Å². The summed E-state index contributed by atoms with van der Waals surface area (Å²) in [6.07, 6.45) is 31.1. The monoisotopic (exact) mass is 397 g/mol. The minimum atomic E-state index is -0.352. The van der Waals surface area contributed by atoms with Gasteiger partial charge in [-0.2, -0.15) is 0 Å². The van der Waals surface area contributed by atoms with E-state index in [2.05, 4.69) is 12.2 Å². The highest BCUT2D eigenvalue weighted by atomic mass is 16.3. The van der Waals surface area contributed by atoms with Gasteiger partial charge in [0.2, 0.25) is 0 Å². The van der Waals surface area contributed by atoms with Gasteiger partial charge in [-0.25, -0.2) is 0 Å². The van der Waals surface area contributed by atoms with Gasteiger partial charge >= 0.3 is 0 Å². The first-order valence-corrected chi connectivity index (χ1v) is 13.2. The normalized spacial score (nSPS) is 12.5.